The Morgan fingerprint density at radius 1 is 1.41 bits per heavy atom. The maximum absolute atomic E-state index is 4.76. The van der Waals surface area contributed by atoms with Crippen molar-refractivity contribution in [2.75, 3.05) is 25.5 Å². The molecule has 118 valence electrons. The molecule has 0 aliphatic carbocycles. The lowest BCUT2D eigenvalue weighted by molar-refractivity contribution is 0.245. The Labute approximate surface area is 135 Å². The molecule has 1 aliphatic heterocycles. The number of aromatic nitrogens is 3. The van der Waals surface area contributed by atoms with Gasteiger partial charge >= 0.3 is 0 Å². The minimum absolute atomic E-state index is 0.434. The molecular formula is C16H23N5S. The first-order chi connectivity index (χ1) is 10.6. The van der Waals surface area contributed by atoms with Crippen molar-refractivity contribution in [3.8, 4) is 0 Å². The summed E-state index contributed by atoms with van der Waals surface area (Å²) in [4.78, 5) is 17.4. The predicted octanol–water partition coefficient (Wildman–Crippen LogP) is 3.36. The van der Waals surface area contributed by atoms with E-state index in [1.54, 1.807) is 11.3 Å². The molecule has 2 aromatic rings. The fraction of sp³-hybridized carbons (Fsp3) is 0.562. The number of likely N-dealkylation sites (tertiary alicyclic amines) is 1. The summed E-state index contributed by atoms with van der Waals surface area (Å²) in [5.74, 6) is 2.27. The Morgan fingerprint density at radius 3 is 2.95 bits per heavy atom. The van der Waals surface area contributed by atoms with Gasteiger partial charge < -0.3 is 10.2 Å². The highest BCUT2D eigenvalue weighted by Gasteiger charge is 2.22. The van der Waals surface area contributed by atoms with Crippen LogP contribution < -0.4 is 5.32 Å². The number of rotatable bonds is 4. The lowest BCUT2D eigenvalue weighted by atomic mass is 9.97. The van der Waals surface area contributed by atoms with Gasteiger partial charge in [-0.25, -0.2) is 15.0 Å². The molecule has 1 fully saturated rings. The van der Waals surface area contributed by atoms with Crippen LogP contribution in [0.15, 0.2) is 12.3 Å². The van der Waals surface area contributed by atoms with Gasteiger partial charge in [0.05, 0.1) is 0 Å². The van der Waals surface area contributed by atoms with Crippen molar-refractivity contribution in [3.05, 3.63) is 28.7 Å². The molecule has 5 nitrogen and oxygen atoms in total. The van der Waals surface area contributed by atoms with Crippen LogP contribution in [0.5, 0.6) is 0 Å². The second kappa shape index (κ2) is 6.71. The van der Waals surface area contributed by atoms with Crippen LogP contribution in [0.2, 0.25) is 0 Å². The first kappa shape index (κ1) is 15.4. The van der Waals surface area contributed by atoms with Gasteiger partial charge in [0.25, 0.3) is 0 Å². The minimum Gasteiger partial charge on any atom is -0.316 e. The van der Waals surface area contributed by atoms with E-state index < -0.39 is 0 Å². The van der Waals surface area contributed by atoms with Crippen LogP contribution in [0.1, 0.15) is 42.1 Å². The van der Waals surface area contributed by atoms with Crippen LogP contribution in [0, 0.1) is 6.92 Å². The minimum atomic E-state index is 0.434. The van der Waals surface area contributed by atoms with E-state index in [9.17, 15) is 0 Å². The van der Waals surface area contributed by atoms with Gasteiger partial charge in [0.15, 0.2) is 5.13 Å². The second-order valence-corrected chi connectivity index (χ2v) is 7.19. The quantitative estimate of drug-likeness (QED) is 0.937. The SMILES string of the molecule is CCc1cc(Nc2ncc(C)s2)nc(C2CCCN(C)C2)n1. The lowest BCUT2D eigenvalue weighted by Gasteiger charge is -2.29. The molecular weight excluding hydrogens is 294 g/mol. The highest BCUT2D eigenvalue weighted by atomic mass is 32.1. The summed E-state index contributed by atoms with van der Waals surface area (Å²) in [6.45, 7) is 6.41. The van der Waals surface area contributed by atoms with Gasteiger partial charge in [-0.2, -0.15) is 0 Å². The number of piperidine rings is 1. The number of nitrogens with zero attached hydrogens (tertiary/aromatic N) is 4. The van der Waals surface area contributed by atoms with Gasteiger partial charge in [-0.05, 0) is 39.8 Å². The van der Waals surface area contributed by atoms with Crippen LogP contribution in [0.3, 0.4) is 0 Å². The van der Waals surface area contributed by atoms with E-state index in [4.69, 9.17) is 9.97 Å². The van der Waals surface area contributed by atoms with Gasteiger partial charge in [0.2, 0.25) is 0 Å². The number of hydrogen-bond donors (Lipinski definition) is 1. The molecule has 1 N–H and O–H groups in total. The number of thiazole rings is 1. The van der Waals surface area contributed by atoms with Gasteiger partial charge in [0, 0.05) is 35.3 Å². The third-order valence-corrected chi connectivity index (χ3v) is 4.83. The molecule has 0 amide bonds. The summed E-state index contributed by atoms with van der Waals surface area (Å²) in [6.07, 6.45) is 5.19. The summed E-state index contributed by atoms with van der Waals surface area (Å²) < 4.78 is 0. The number of aryl methyl sites for hydroxylation is 2. The number of anilines is 2. The molecule has 1 atom stereocenters. The Balaban J connectivity index is 1.85. The lowest BCUT2D eigenvalue weighted by Crippen LogP contribution is -2.31. The maximum Gasteiger partial charge on any atom is 0.188 e. The Kier molecular flexibility index (Phi) is 4.69. The first-order valence-corrected chi connectivity index (χ1v) is 8.71. The topological polar surface area (TPSA) is 53.9 Å². The smallest absolute Gasteiger partial charge is 0.188 e. The molecule has 1 unspecified atom stereocenters. The molecule has 6 heteroatoms. The van der Waals surface area contributed by atoms with Crippen molar-refractivity contribution in [2.45, 2.75) is 39.0 Å². The Morgan fingerprint density at radius 2 is 2.27 bits per heavy atom. The largest absolute Gasteiger partial charge is 0.316 e. The Hall–Kier alpha value is -1.53. The molecule has 0 saturated carbocycles. The summed E-state index contributed by atoms with van der Waals surface area (Å²) in [6, 6.07) is 2.03. The van der Waals surface area contributed by atoms with Crippen LogP contribution in [0.4, 0.5) is 10.9 Å². The van der Waals surface area contributed by atoms with E-state index in [0.717, 1.165) is 35.4 Å². The molecule has 3 rings (SSSR count). The van der Waals surface area contributed by atoms with Crippen molar-refractivity contribution in [1.29, 1.82) is 0 Å². The summed E-state index contributed by atoms with van der Waals surface area (Å²) in [5, 5.41) is 4.23. The molecule has 0 aromatic carbocycles. The van der Waals surface area contributed by atoms with Crippen molar-refractivity contribution >= 4 is 22.3 Å². The third kappa shape index (κ3) is 3.62. The molecule has 0 spiro atoms. The van der Waals surface area contributed by atoms with Crippen LogP contribution in [-0.4, -0.2) is 40.0 Å². The van der Waals surface area contributed by atoms with Gasteiger partial charge in [-0.3, -0.25) is 0 Å². The molecule has 1 aliphatic rings. The average Bonchev–Trinajstić information content (AvgIpc) is 2.92. The fourth-order valence-electron chi connectivity index (χ4n) is 2.84. The maximum atomic E-state index is 4.76. The van der Waals surface area contributed by atoms with Crippen LogP contribution in [0.25, 0.3) is 0 Å². The van der Waals surface area contributed by atoms with E-state index in [0.29, 0.717) is 5.92 Å². The van der Waals surface area contributed by atoms with Gasteiger partial charge in [0.1, 0.15) is 11.6 Å². The normalized spacial score (nSPS) is 19.3. The van der Waals surface area contributed by atoms with E-state index in [2.05, 4.69) is 36.1 Å². The summed E-state index contributed by atoms with van der Waals surface area (Å²) in [5.41, 5.74) is 1.09. The first-order valence-electron chi connectivity index (χ1n) is 7.90. The average molecular weight is 317 g/mol. The van der Waals surface area contributed by atoms with Crippen molar-refractivity contribution in [3.63, 3.8) is 0 Å². The van der Waals surface area contributed by atoms with E-state index in [1.807, 2.05) is 12.3 Å². The van der Waals surface area contributed by atoms with E-state index >= 15 is 0 Å². The number of likely N-dealkylation sites (N-methyl/N-ethyl adjacent to an activating group) is 1. The second-order valence-electron chi connectivity index (χ2n) is 5.96. The third-order valence-electron chi connectivity index (χ3n) is 4.00. The van der Waals surface area contributed by atoms with E-state index in [-0.39, 0.29) is 0 Å². The van der Waals surface area contributed by atoms with Crippen molar-refractivity contribution < 1.29 is 0 Å². The van der Waals surface area contributed by atoms with Crippen LogP contribution >= 0.6 is 11.3 Å². The highest BCUT2D eigenvalue weighted by Crippen LogP contribution is 2.26. The standard InChI is InChI=1S/C16H23N5S/c1-4-13-8-14(20-16-17-9-11(2)22-16)19-15(18-13)12-6-5-7-21(3)10-12/h8-9,12H,4-7,10H2,1-3H3,(H,17,18,19,20). The molecule has 0 radical (unpaired) electrons. The summed E-state index contributed by atoms with van der Waals surface area (Å²) in [7, 11) is 2.17. The van der Waals surface area contributed by atoms with E-state index in [1.165, 1.54) is 24.3 Å². The summed E-state index contributed by atoms with van der Waals surface area (Å²) >= 11 is 1.65. The fourth-order valence-corrected chi connectivity index (χ4v) is 3.52. The van der Waals surface area contributed by atoms with Crippen LogP contribution in [-0.2, 0) is 6.42 Å². The zero-order valence-corrected chi connectivity index (χ0v) is 14.3. The highest BCUT2D eigenvalue weighted by molar-refractivity contribution is 7.15. The van der Waals surface area contributed by atoms with Crippen molar-refractivity contribution in [2.24, 2.45) is 0 Å². The molecule has 1 saturated heterocycles. The molecule has 22 heavy (non-hydrogen) atoms. The van der Waals surface area contributed by atoms with Gasteiger partial charge in [-0.1, -0.05) is 6.92 Å². The molecule has 0 bridgehead atoms. The van der Waals surface area contributed by atoms with Gasteiger partial charge in [-0.15, -0.1) is 11.3 Å². The molecule has 2 aromatic heterocycles. The Bertz CT molecular complexity index is 639. The zero-order chi connectivity index (χ0) is 15.5. The van der Waals surface area contributed by atoms with Crippen molar-refractivity contribution in [1.82, 2.24) is 19.9 Å². The molecule has 3 heterocycles. The number of nitrogens with one attached hydrogen (secondary N) is 1. The zero-order valence-electron chi connectivity index (χ0n) is 13.5. The monoisotopic (exact) mass is 317 g/mol. The predicted molar refractivity (Wildman–Crippen MR) is 91.0 cm³/mol. The number of hydrogen-bond acceptors (Lipinski definition) is 6.